The molecule has 0 aliphatic carbocycles. The zero-order valence-electron chi connectivity index (χ0n) is 12.4. The van der Waals surface area contributed by atoms with Gasteiger partial charge in [-0.25, -0.2) is 23.5 Å². The van der Waals surface area contributed by atoms with Crippen LogP contribution in [0.2, 0.25) is 5.02 Å². The first-order valence-electron chi connectivity index (χ1n) is 6.68. The van der Waals surface area contributed by atoms with Crippen LogP contribution >= 0.6 is 22.9 Å². The molecular weight excluding hydrogens is 370 g/mol. The maximum absolute atomic E-state index is 11.6. The van der Waals surface area contributed by atoms with E-state index in [0.29, 0.717) is 16.5 Å². The number of halogens is 1. The lowest BCUT2D eigenvalue weighted by atomic mass is 10.2. The Bertz CT molecular complexity index is 990. The molecule has 0 radical (unpaired) electrons. The lowest BCUT2D eigenvalue weighted by molar-refractivity contribution is 0.598. The molecule has 0 saturated heterocycles. The number of aryl methyl sites for hydroxylation is 1. The number of anilines is 2. The van der Waals surface area contributed by atoms with Crippen LogP contribution in [0.1, 0.15) is 5.69 Å². The average molecular weight is 382 g/mol. The van der Waals surface area contributed by atoms with Crippen molar-refractivity contribution in [2.45, 2.75) is 11.8 Å². The summed E-state index contributed by atoms with van der Waals surface area (Å²) in [5.41, 5.74) is 1.42. The van der Waals surface area contributed by atoms with Crippen molar-refractivity contribution in [3.05, 3.63) is 47.5 Å². The van der Waals surface area contributed by atoms with Crippen LogP contribution in [0.15, 0.2) is 41.7 Å². The van der Waals surface area contributed by atoms with Crippen molar-refractivity contribution in [3.63, 3.8) is 0 Å². The van der Waals surface area contributed by atoms with Gasteiger partial charge in [0.2, 0.25) is 10.0 Å². The average Bonchev–Trinajstić information content (AvgIpc) is 2.88. The van der Waals surface area contributed by atoms with E-state index in [1.807, 2.05) is 6.92 Å². The highest BCUT2D eigenvalue weighted by Crippen LogP contribution is 2.36. The van der Waals surface area contributed by atoms with Crippen LogP contribution in [0.25, 0.3) is 10.4 Å². The summed E-state index contributed by atoms with van der Waals surface area (Å²) in [6.45, 7) is 1.83. The summed E-state index contributed by atoms with van der Waals surface area (Å²) >= 11 is 7.29. The van der Waals surface area contributed by atoms with E-state index >= 15 is 0 Å². The molecule has 0 unspecified atom stereocenters. The molecule has 0 amide bonds. The Labute approximate surface area is 147 Å². The fourth-order valence-corrected chi connectivity index (χ4v) is 4.09. The number of aromatic nitrogens is 3. The maximum atomic E-state index is 11.6. The molecule has 3 rings (SSSR count). The van der Waals surface area contributed by atoms with Gasteiger partial charge in [0.15, 0.2) is 10.9 Å². The van der Waals surface area contributed by atoms with Gasteiger partial charge in [0.05, 0.1) is 21.8 Å². The van der Waals surface area contributed by atoms with E-state index in [0.717, 1.165) is 10.6 Å². The van der Waals surface area contributed by atoms with Crippen LogP contribution in [0.5, 0.6) is 0 Å². The van der Waals surface area contributed by atoms with Gasteiger partial charge in [-0.05, 0) is 24.6 Å². The maximum Gasteiger partial charge on any atom is 0.239 e. The first kappa shape index (κ1) is 16.8. The summed E-state index contributed by atoms with van der Waals surface area (Å²) < 4.78 is 23.2. The standard InChI is InChI=1S/C14H12ClN5O2S2/c1-8-13(9-2-3-10(15)11(6-9)24(16,21)22)23-14(19-8)20-12-7-17-4-5-18-12/h2-7H,1H3,(H2,16,21,22)(H,18,19,20). The van der Waals surface area contributed by atoms with Crippen molar-refractivity contribution in [1.82, 2.24) is 15.0 Å². The first-order valence-corrected chi connectivity index (χ1v) is 9.42. The smallest absolute Gasteiger partial charge is 0.239 e. The Morgan fingerprint density at radius 3 is 2.75 bits per heavy atom. The van der Waals surface area contributed by atoms with Gasteiger partial charge in [0, 0.05) is 12.4 Å². The normalized spacial score (nSPS) is 11.5. The number of primary sulfonamides is 1. The molecule has 2 aromatic heterocycles. The number of benzene rings is 1. The molecule has 7 nitrogen and oxygen atoms in total. The summed E-state index contributed by atoms with van der Waals surface area (Å²) in [6.07, 6.45) is 4.73. The quantitative estimate of drug-likeness (QED) is 0.718. The van der Waals surface area contributed by atoms with Crippen molar-refractivity contribution in [1.29, 1.82) is 0 Å². The van der Waals surface area contributed by atoms with Gasteiger partial charge >= 0.3 is 0 Å². The third kappa shape index (κ3) is 3.54. The highest BCUT2D eigenvalue weighted by molar-refractivity contribution is 7.89. The van der Waals surface area contributed by atoms with Crippen molar-refractivity contribution >= 4 is 43.9 Å². The molecule has 3 aromatic rings. The van der Waals surface area contributed by atoms with E-state index in [1.165, 1.54) is 23.5 Å². The SMILES string of the molecule is Cc1nc(Nc2cnccn2)sc1-c1ccc(Cl)c(S(N)(=O)=O)c1. The second-order valence-corrected chi connectivity index (χ2v) is 7.78. The van der Waals surface area contributed by atoms with Crippen molar-refractivity contribution in [3.8, 4) is 10.4 Å². The van der Waals surface area contributed by atoms with E-state index in [4.69, 9.17) is 16.7 Å². The molecule has 0 spiro atoms. The fraction of sp³-hybridized carbons (Fsp3) is 0.0714. The number of hydrogen-bond acceptors (Lipinski definition) is 7. The molecule has 0 fully saturated rings. The molecular formula is C14H12ClN5O2S2. The molecule has 24 heavy (non-hydrogen) atoms. The van der Waals surface area contributed by atoms with Crippen LogP contribution in [-0.2, 0) is 10.0 Å². The summed E-state index contributed by atoms with van der Waals surface area (Å²) in [4.78, 5) is 13.2. The molecule has 0 saturated carbocycles. The summed E-state index contributed by atoms with van der Waals surface area (Å²) in [6, 6.07) is 4.68. The first-order chi connectivity index (χ1) is 11.3. The van der Waals surface area contributed by atoms with E-state index < -0.39 is 10.0 Å². The monoisotopic (exact) mass is 381 g/mol. The van der Waals surface area contributed by atoms with Crippen molar-refractivity contribution < 1.29 is 8.42 Å². The number of nitrogens with one attached hydrogen (secondary N) is 1. The minimum absolute atomic E-state index is 0.0846. The molecule has 1 aromatic carbocycles. The molecule has 10 heteroatoms. The zero-order chi connectivity index (χ0) is 17.3. The highest BCUT2D eigenvalue weighted by atomic mass is 35.5. The Hall–Kier alpha value is -2.07. The van der Waals surface area contributed by atoms with Gasteiger partial charge in [0.1, 0.15) is 4.90 Å². The second kappa shape index (κ2) is 6.44. The van der Waals surface area contributed by atoms with Gasteiger partial charge in [-0.3, -0.25) is 4.98 Å². The van der Waals surface area contributed by atoms with Gasteiger partial charge in [-0.1, -0.05) is 29.0 Å². The molecule has 2 heterocycles. The number of nitrogens with two attached hydrogens (primary N) is 1. The third-order valence-corrected chi connectivity index (χ3v) is 5.61. The van der Waals surface area contributed by atoms with Gasteiger partial charge in [0.25, 0.3) is 0 Å². The number of hydrogen-bond donors (Lipinski definition) is 2. The topological polar surface area (TPSA) is 111 Å². The molecule has 3 N–H and O–H groups in total. The van der Waals surface area contributed by atoms with Crippen LogP contribution in [0.3, 0.4) is 0 Å². The molecule has 0 bridgehead atoms. The Kier molecular flexibility index (Phi) is 4.50. The van der Waals surface area contributed by atoms with Crippen molar-refractivity contribution in [2.24, 2.45) is 5.14 Å². The van der Waals surface area contributed by atoms with Gasteiger partial charge < -0.3 is 5.32 Å². The number of sulfonamides is 1. The Balaban J connectivity index is 1.99. The Morgan fingerprint density at radius 1 is 1.29 bits per heavy atom. The van der Waals surface area contributed by atoms with E-state index in [-0.39, 0.29) is 9.92 Å². The van der Waals surface area contributed by atoms with Crippen LogP contribution < -0.4 is 10.5 Å². The van der Waals surface area contributed by atoms with Crippen molar-refractivity contribution in [2.75, 3.05) is 5.32 Å². The minimum Gasteiger partial charge on any atom is -0.315 e. The van der Waals surface area contributed by atoms with E-state index in [9.17, 15) is 8.42 Å². The molecule has 0 atom stereocenters. The minimum atomic E-state index is -3.90. The van der Waals surface area contributed by atoms with E-state index in [1.54, 1.807) is 24.7 Å². The summed E-state index contributed by atoms with van der Waals surface area (Å²) in [5.74, 6) is 0.569. The predicted octanol–water partition coefficient (Wildman–Crippen LogP) is 2.95. The lowest BCUT2D eigenvalue weighted by Gasteiger charge is -2.05. The largest absolute Gasteiger partial charge is 0.315 e. The Morgan fingerprint density at radius 2 is 2.08 bits per heavy atom. The molecule has 124 valence electrons. The van der Waals surface area contributed by atoms with Crippen LogP contribution in [-0.4, -0.2) is 23.4 Å². The molecule has 0 aliphatic heterocycles. The van der Waals surface area contributed by atoms with Crippen LogP contribution in [0.4, 0.5) is 10.9 Å². The number of rotatable bonds is 4. The van der Waals surface area contributed by atoms with E-state index in [2.05, 4.69) is 20.3 Å². The summed E-state index contributed by atoms with van der Waals surface area (Å²) in [5, 5.41) is 8.96. The molecule has 0 aliphatic rings. The highest BCUT2D eigenvalue weighted by Gasteiger charge is 2.17. The van der Waals surface area contributed by atoms with Crippen LogP contribution in [0, 0.1) is 6.92 Å². The third-order valence-electron chi connectivity index (χ3n) is 3.09. The second-order valence-electron chi connectivity index (χ2n) is 4.84. The number of nitrogens with zero attached hydrogens (tertiary/aromatic N) is 3. The predicted molar refractivity (Wildman–Crippen MR) is 94.0 cm³/mol. The lowest BCUT2D eigenvalue weighted by Crippen LogP contribution is -2.12. The fourth-order valence-electron chi connectivity index (χ4n) is 2.05. The van der Waals surface area contributed by atoms with Gasteiger partial charge in [-0.15, -0.1) is 0 Å². The number of thiazole rings is 1. The zero-order valence-corrected chi connectivity index (χ0v) is 14.8. The summed E-state index contributed by atoms with van der Waals surface area (Å²) in [7, 11) is -3.90. The van der Waals surface area contributed by atoms with Gasteiger partial charge in [-0.2, -0.15) is 0 Å².